The number of piperidine rings is 1. The zero-order chi connectivity index (χ0) is 11.4. The normalized spacial score (nSPS) is 34.1. The van der Waals surface area contributed by atoms with Gasteiger partial charge in [0.15, 0.2) is 0 Å². The summed E-state index contributed by atoms with van der Waals surface area (Å²) in [6, 6.07) is 0.799. The third-order valence-corrected chi connectivity index (χ3v) is 4.46. The standard InChI is InChI=1S/C14H28N2/c1-12-4-3-5-13(10-12)11-15-14-6-8-16(2)9-7-14/h12-15H,3-11H2,1-2H3. The summed E-state index contributed by atoms with van der Waals surface area (Å²) >= 11 is 0. The number of nitrogens with zero attached hydrogens (tertiary/aromatic N) is 1. The molecule has 0 bridgehead atoms. The first-order valence-electron chi connectivity index (χ1n) is 7.16. The maximum absolute atomic E-state index is 3.81. The maximum atomic E-state index is 3.81. The van der Waals surface area contributed by atoms with Gasteiger partial charge in [-0.3, -0.25) is 0 Å². The van der Waals surface area contributed by atoms with E-state index in [0.29, 0.717) is 0 Å². The molecule has 2 atom stereocenters. The molecule has 2 heteroatoms. The highest BCUT2D eigenvalue weighted by Gasteiger charge is 2.21. The predicted molar refractivity (Wildman–Crippen MR) is 69.6 cm³/mol. The van der Waals surface area contributed by atoms with Crippen LogP contribution in [-0.2, 0) is 0 Å². The second kappa shape index (κ2) is 6.02. The van der Waals surface area contributed by atoms with Crippen LogP contribution < -0.4 is 5.32 Å². The largest absolute Gasteiger partial charge is 0.314 e. The fourth-order valence-electron chi connectivity index (χ4n) is 3.29. The Morgan fingerprint density at radius 3 is 2.56 bits per heavy atom. The molecule has 0 aromatic rings. The molecule has 1 heterocycles. The minimum absolute atomic E-state index is 0.799. The first kappa shape index (κ1) is 12.4. The Labute approximate surface area is 101 Å². The van der Waals surface area contributed by atoms with Crippen molar-refractivity contribution >= 4 is 0 Å². The highest BCUT2D eigenvalue weighted by Crippen LogP contribution is 2.28. The summed E-state index contributed by atoms with van der Waals surface area (Å²) < 4.78 is 0. The first-order valence-corrected chi connectivity index (χ1v) is 7.16. The lowest BCUT2D eigenvalue weighted by atomic mass is 9.82. The molecule has 16 heavy (non-hydrogen) atoms. The fraction of sp³-hybridized carbons (Fsp3) is 1.00. The Balaban J connectivity index is 1.63. The Kier molecular flexibility index (Phi) is 4.66. The Bertz CT molecular complexity index is 197. The highest BCUT2D eigenvalue weighted by atomic mass is 15.1. The van der Waals surface area contributed by atoms with Crippen LogP contribution in [0, 0.1) is 11.8 Å². The molecule has 1 N–H and O–H groups in total. The van der Waals surface area contributed by atoms with E-state index in [-0.39, 0.29) is 0 Å². The van der Waals surface area contributed by atoms with Gasteiger partial charge in [-0.15, -0.1) is 0 Å². The van der Waals surface area contributed by atoms with Crippen molar-refractivity contribution in [2.24, 2.45) is 11.8 Å². The Hall–Kier alpha value is -0.0800. The van der Waals surface area contributed by atoms with E-state index in [1.54, 1.807) is 0 Å². The van der Waals surface area contributed by atoms with Gasteiger partial charge in [0, 0.05) is 6.04 Å². The van der Waals surface area contributed by atoms with Crippen LogP contribution in [0.2, 0.25) is 0 Å². The molecule has 1 aliphatic carbocycles. The lowest BCUT2D eigenvalue weighted by Gasteiger charge is -2.32. The zero-order valence-electron chi connectivity index (χ0n) is 11.0. The average Bonchev–Trinajstić information content (AvgIpc) is 2.28. The van der Waals surface area contributed by atoms with E-state index in [1.807, 2.05) is 0 Å². The Morgan fingerprint density at radius 1 is 1.12 bits per heavy atom. The second-order valence-corrected chi connectivity index (χ2v) is 6.12. The predicted octanol–water partition coefficient (Wildman–Crippen LogP) is 2.50. The van der Waals surface area contributed by atoms with Crippen molar-refractivity contribution in [1.29, 1.82) is 0 Å². The molecule has 2 nitrogen and oxygen atoms in total. The van der Waals surface area contributed by atoms with Gasteiger partial charge in [0.05, 0.1) is 0 Å². The van der Waals surface area contributed by atoms with Crippen molar-refractivity contribution in [3.63, 3.8) is 0 Å². The van der Waals surface area contributed by atoms with Crippen LogP contribution in [0.4, 0.5) is 0 Å². The van der Waals surface area contributed by atoms with E-state index in [9.17, 15) is 0 Å². The molecule has 0 aromatic carbocycles. The van der Waals surface area contributed by atoms with E-state index in [4.69, 9.17) is 0 Å². The highest BCUT2D eigenvalue weighted by molar-refractivity contribution is 4.78. The van der Waals surface area contributed by atoms with Crippen LogP contribution in [0.5, 0.6) is 0 Å². The van der Waals surface area contributed by atoms with E-state index >= 15 is 0 Å². The van der Waals surface area contributed by atoms with Crippen LogP contribution in [0.3, 0.4) is 0 Å². The summed E-state index contributed by atoms with van der Waals surface area (Å²) in [5, 5.41) is 3.81. The topological polar surface area (TPSA) is 15.3 Å². The zero-order valence-corrected chi connectivity index (χ0v) is 11.0. The van der Waals surface area contributed by atoms with Gasteiger partial charge in [0.1, 0.15) is 0 Å². The summed E-state index contributed by atoms with van der Waals surface area (Å²) in [6.07, 6.45) is 8.53. The number of rotatable bonds is 3. The summed E-state index contributed by atoms with van der Waals surface area (Å²) in [5.41, 5.74) is 0. The van der Waals surface area contributed by atoms with Gasteiger partial charge in [-0.1, -0.05) is 19.8 Å². The lowest BCUT2D eigenvalue weighted by Crippen LogP contribution is -2.42. The third-order valence-electron chi connectivity index (χ3n) is 4.46. The first-order chi connectivity index (χ1) is 7.74. The molecule has 2 rings (SSSR count). The van der Waals surface area contributed by atoms with Gasteiger partial charge in [0.2, 0.25) is 0 Å². The molecule has 94 valence electrons. The van der Waals surface area contributed by atoms with Crippen LogP contribution >= 0.6 is 0 Å². The lowest BCUT2D eigenvalue weighted by molar-refractivity contribution is 0.214. The summed E-state index contributed by atoms with van der Waals surface area (Å²) in [5.74, 6) is 1.93. The smallest absolute Gasteiger partial charge is 0.00915 e. The van der Waals surface area contributed by atoms with E-state index < -0.39 is 0 Å². The van der Waals surface area contributed by atoms with Crippen LogP contribution in [0.1, 0.15) is 45.4 Å². The monoisotopic (exact) mass is 224 g/mol. The van der Waals surface area contributed by atoms with Crippen molar-refractivity contribution in [2.75, 3.05) is 26.7 Å². The molecule has 0 radical (unpaired) electrons. The SMILES string of the molecule is CC1CCCC(CNC2CCN(C)CC2)C1. The van der Waals surface area contributed by atoms with Crippen LogP contribution in [0.15, 0.2) is 0 Å². The van der Waals surface area contributed by atoms with E-state index in [1.165, 1.54) is 58.2 Å². The molecule has 0 spiro atoms. The summed E-state index contributed by atoms with van der Waals surface area (Å²) in [6.45, 7) is 6.25. The molecule has 0 aromatic heterocycles. The van der Waals surface area contributed by atoms with Crippen LogP contribution in [-0.4, -0.2) is 37.6 Å². The van der Waals surface area contributed by atoms with Crippen molar-refractivity contribution in [2.45, 2.75) is 51.5 Å². The molecule has 2 aliphatic rings. The average molecular weight is 224 g/mol. The second-order valence-electron chi connectivity index (χ2n) is 6.12. The van der Waals surface area contributed by atoms with Gasteiger partial charge in [-0.25, -0.2) is 0 Å². The van der Waals surface area contributed by atoms with Gasteiger partial charge in [-0.2, -0.15) is 0 Å². The molecule has 1 aliphatic heterocycles. The van der Waals surface area contributed by atoms with E-state index in [0.717, 1.165) is 17.9 Å². The van der Waals surface area contributed by atoms with Gasteiger partial charge < -0.3 is 10.2 Å². The molecule has 1 saturated heterocycles. The van der Waals surface area contributed by atoms with Crippen LogP contribution in [0.25, 0.3) is 0 Å². The third kappa shape index (κ3) is 3.74. The number of nitrogens with one attached hydrogen (secondary N) is 1. The van der Waals surface area contributed by atoms with Gasteiger partial charge in [0.25, 0.3) is 0 Å². The number of likely N-dealkylation sites (tertiary alicyclic amines) is 1. The molecule has 1 saturated carbocycles. The minimum Gasteiger partial charge on any atom is -0.314 e. The van der Waals surface area contributed by atoms with Gasteiger partial charge >= 0.3 is 0 Å². The summed E-state index contributed by atoms with van der Waals surface area (Å²) in [7, 11) is 2.24. The maximum Gasteiger partial charge on any atom is 0.00915 e. The van der Waals surface area contributed by atoms with Gasteiger partial charge in [-0.05, 0) is 64.2 Å². The number of hydrogen-bond donors (Lipinski definition) is 1. The Morgan fingerprint density at radius 2 is 1.88 bits per heavy atom. The van der Waals surface area contributed by atoms with E-state index in [2.05, 4.69) is 24.2 Å². The number of hydrogen-bond acceptors (Lipinski definition) is 2. The molecule has 0 amide bonds. The molecule has 2 unspecified atom stereocenters. The fourth-order valence-corrected chi connectivity index (χ4v) is 3.29. The van der Waals surface area contributed by atoms with Crippen molar-refractivity contribution in [1.82, 2.24) is 10.2 Å². The quantitative estimate of drug-likeness (QED) is 0.792. The minimum atomic E-state index is 0.799. The molecular formula is C14H28N2. The van der Waals surface area contributed by atoms with Crippen molar-refractivity contribution < 1.29 is 0 Å². The molecule has 2 fully saturated rings. The molecular weight excluding hydrogens is 196 g/mol. The van der Waals surface area contributed by atoms with Crippen molar-refractivity contribution in [3.05, 3.63) is 0 Å². The summed E-state index contributed by atoms with van der Waals surface area (Å²) in [4.78, 5) is 2.45. The van der Waals surface area contributed by atoms with Crippen molar-refractivity contribution in [3.8, 4) is 0 Å².